The second kappa shape index (κ2) is 9.64. The monoisotopic (exact) mass is 356 g/mol. The third-order valence-corrected chi connectivity index (χ3v) is 3.94. The van der Waals surface area contributed by atoms with E-state index < -0.39 is 0 Å². The number of anilines is 2. The van der Waals surface area contributed by atoms with Crippen LogP contribution in [-0.4, -0.2) is 31.5 Å². The van der Waals surface area contributed by atoms with Gasteiger partial charge in [0.15, 0.2) is 5.11 Å². The lowest BCUT2D eigenvalue weighted by molar-refractivity contribution is 0.415. The van der Waals surface area contributed by atoms with E-state index in [-0.39, 0.29) is 0 Å². The fraction of sp³-hybridized carbons (Fsp3) is 0.263. The average molecular weight is 356 g/mol. The van der Waals surface area contributed by atoms with Crippen LogP contribution in [0, 0.1) is 0 Å². The quantitative estimate of drug-likeness (QED) is 0.448. The minimum absolute atomic E-state index is 0.432. The van der Waals surface area contributed by atoms with Crippen molar-refractivity contribution in [2.24, 2.45) is 5.10 Å². The third-order valence-electron chi connectivity index (χ3n) is 3.75. The second-order valence-corrected chi connectivity index (χ2v) is 5.72. The highest BCUT2D eigenvalue weighted by atomic mass is 32.1. The van der Waals surface area contributed by atoms with Gasteiger partial charge in [-0.15, -0.1) is 0 Å². The Balaban J connectivity index is 1.86. The maximum absolute atomic E-state index is 5.23. The van der Waals surface area contributed by atoms with Gasteiger partial charge in [0.1, 0.15) is 5.75 Å². The first kappa shape index (κ1) is 18.7. The van der Waals surface area contributed by atoms with Crippen LogP contribution in [0.5, 0.6) is 5.75 Å². The highest BCUT2D eigenvalue weighted by Crippen LogP contribution is 2.15. The van der Waals surface area contributed by atoms with Gasteiger partial charge in [0.25, 0.3) is 0 Å². The Morgan fingerprint density at radius 1 is 1.08 bits per heavy atom. The smallest absolute Gasteiger partial charge is 0.191 e. The highest BCUT2D eigenvalue weighted by Gasteiger charge is 2.00. The Morgan fingerprint density at radius 3 is 2.28 bits per heavy atom. The summed E-state index contributed by atoms with van der Waals surface area (Å²) in [5, 5.41) is 7.66. The molecule has 2 aromatic rings. The molecule has 0 spiro atoms. The average Bonchev–Trinajstić information content (AvgIpc) is 2.64. The number of methoxy groups -OCH3 is 1. The molecule has 0 amide bonds. The second-order valence-electron chi connectivity index (χ2n) is 5.32. The van der Waals surface area contributed by atoms with Crippen molar-refractivity contribution in [2.45, 2.75) is 13.8 Å². The van der Waals surface area contributed by atoms with E-state index in [1.165, 1.54) is 5.69 Å². The van der Waals surface area contributed by atoms with Crippen LogP contribution in [0.3, 0.4) is 0 Å². The molecule has 0 heterocycles. The van der Waals surface area contributed by atoms with E-state index in [4.69, 9.17) is 17.0 Å². The standard InChI is InChI=1S/C19H24N4OS/c1-4-23(5-2)17-10-6-15(7-11-17)14-20-22-19(25)21-16-8-12-18(24-3)13-9-16/h6-14H,4-5H2,1-3H3,(H2,21,22,25)/b20-14+. The molecule has 0 radical (unpaired) electrons. The van der Waals surface area contributed by atoms with Gasteiger partial charge >= 0.3 is 0 Å². The lowest BCUT2D eigenvalue weighted by Gasteiger charge is -2.20. The number of nitrogens with one attached hydrogen (secondary N) is 2. The van der Waals surface area contributed by atoms with E-state index >= 15 is 0 Å². The Morgan fingerprint density at radius 2 is 1.72 bits per heavy atom. The van der Waals surface area contributed by atoms with Crippen molar-refractivity contribution in [2.75, 3.05) is 30.4 Å². The zero-order valence-corrected chi connectivity index (χ0v) is 15.6. The highest BCUT2D eigenvalue weighted by molar-refractivity contribution is 7.80. The largest absolute Gasteiger partial charge is 0.497 e. The zero-order chi connectivity index (χ0) is 18.1. The predicted octanol–water partition coefficient (Wildman–Crippen LogP) is 3.86. The van der Waals surface area contributed by atoms with Gasteiger partial charge in [-0.2, -0.15) is 5.10 Å². The van der Waals surface area contributed by atoms with Crippen LogP contribution in [-0.2, 0) is 0 Å². The topological polar surface area (TPSA) is 48.9 Å². The summed E-state index contributed by atoms with van der Waals surface area (Å²) in [7, 11) is 1.64. The normalized spacial score (nSPS) is 10.5. The number of rotatable bonds is 7. The summed E-state index contributed by atoms with van der Waals surface area (Å²) in [6.07, 6.45) is 1.74. The number of benzene rings is 2. The van der Waals surface area contributed by atoms with Crippen LogP contribution >= 0.6 is 12.2 Å². The minimum Gasteiger partial charge on any atom is -0.497 e. The molecule has 0 aromatic heterocycles. The molecule has 0 unspecified atom stereocenters. The van der Waals surface area contributed by atoms with E-state index in [1.54, 1.807) is 13.3 Å². The van der Waals surface area contributed by atoms with Crippen molar-refractivity contribution < 1.29 is 4.74 Å². The minimum atomic E-state index is 0.432. The maximum Gasteiger partial charge on any atom is 0.191 e. The molecule has 0 saturated heterocycles. The van der Waals surface area contributed by atoms with E-state index in [1.807, 2.05) is 36.4 Å². The van der Waals surface area contributed by atoms with E-state index in [2.05, 4.69) is 46.7 Å². The van der Waals surface area contributed by atoms with Gasteiger partial charge in [-0.3, -0.25) is 5.43 Å². The fourth-order valence-electron chi connectivity index (χ4n) is 2.36. The molecule has 2 N–H and O–H groups in total. The van der Waals surface area contributed by atoms with E-state index in [0.717, 1.165) is 30.1 Å². The number of hydrazone groups is 1. The molecule has 0 aliphatic heterocycles. The van der Waals surface area contributed by atoms with E-state index in [0.29, 0.717) is 5.11 Å². The van der Waals surface area contributed by atoms with Crippen LogP contribution in [0.1, 0.15) is 19.4 Å². The number of hydrogen-bond acceptors (Lipinski definition) is 4. The molecule has 132 valence electrons. The molecule has 0 aliphatic carbocycles. The maximum atomic E-state index is 5.23. The van der Waals surface area contributed by atoms with Crippen molar-refractivity contribution >= 4 is 34.9 Å². The van der Waals surface area contributed by atoms with Crippen LogP contribution in [0.25, 0.3) is 0 Å². The molecule has 6 heteroatoms. The molecule has 25 heavy (non-hydrogen) atoms. The molecule has 0 atom stereocenters. The summed E-state index contributed by atoms with van der Waals surface area (Å²) in [4.78, 5) is 2.30. The molecule has 2 rings (SSSR count). The van der Waals surface area contributed by atoms with Gasteiger partial charge in [0.05, 0.1) is 13.3 Å². The molecular formula is C19H24N4OS. The third kappa shape index (κ3) is 5.76. The summed E-state index contributed by atoms with van der Waals surface area (Å²) in [6, 6.07) is 15.8. The van der Waals surface area contributed by atoms with Gasteiger partial charge in [-0.1, -0.05) is 12.1 Å². The van der Waals surface area contributed by atoms with Crippen LogP contribution in [0.15, 0.2) is 53.6 Å². The first-order valence-corrected chi connectivity index (χ1v) is 8.66. The Kier molecular flexibility index (Phi) is 7.22. The number of hydrogen-bond donors (Lipinski definition) is 2. The fourth-order valence-corrected chi connectivity index (χ4v) is 2.53. The lowest BCUT2D eigenvalue weighted by atomic mass is 10.2. The Bertz CT molecular complexity index is 694. The summed E-state index contributed by atoms with van der Waals surface area (Å²) in [5.74, 6) is 0.801. The summed E-state index contributed by atoms with van der Waals surface area (Å²) in [5.41, 5.74) is 5.91. The van der Waals surface area contributed by atoms with Gasteiger partial charge in [0.2, 0.25) is 0 Å². The van der Waals surface area contributed by atoms with Gasteiger partial charge in [-0.05, 0) is 68.0 Å². The van der Waals surface area contributed by atoms with Crippen LogP contribution in [0.4, 0.5) is 11.4 Å². The Hall–Kier alpha value is -2.60. The molecule has 0 aliphatic rings. The molecule has 2 aromatic carbocycles. The number of ether oxygens (including phenoxy) is 1. The molecule has 0 saturated carbocycles. The van der Waals surface area contributed by atoms with Crippen molar-refractivity contribution in [3.8, 4) is 5.75 Å². The summed E-state index contributed by atoms with van der Waals surface area (Å²) < 4.78 is 5.12. The van der Waals surface area contributed by atoms with Crippen molar-refractivity contribution in [3.05, 3.63) is 54.1 Å². The van der Waals surface area contributed by atoms with Gasteiger partial charge < -0.3 is 15.0 Å². The summed E-state index contributed by atoms with van der Waals surface area (Å²) >= 11 is 5.23. The summed E-state index contributed by atoms with van der Waals surface area (Å²) in [6.45, 7) is 6.30. The van der Waals surface area contributed by atoms with Crippen LogP contribution in [0.2, 0.25) is 0 Å². The SMILES string of the molecule is CCN(CC)c1ccc(/C=N/NC(=S)Nc2ccc(OC)cc2)cc1. The zero-order valence-electron chi connectivity index (χ0n) is 14.8. The lowest BCUT2D eigenvalue weighted by Crippen LogP contribution is -2.23. The molecule has 0 fully saturated rings. The van der Waals surface area contributed by atoms with Crippen LogP contribution < -0.4 is 20.4 Å². The van der Waals surface area contributed by atoms with E-state index in [9.17, 15) is 0 Å². The van der Waals surface area contributed by atoms with Crippen molar-refractivity contribution in [3.63, 3.8) is 0 Å². The van der Waals surface area contributed by atoms with Crippen molar-refractivity contribution in [1.29, 1.82) is 0 Å². The first-order chi connectivity index (χ1) is 12.2. The van der Waals surface area contributed by atoms with Crippen molar-refractivity contribution in [1.82, 2.24) is 5.43 Å². The first-order valence-electron chi connectivity index (χ1n) is 8.25. The molecule has 5 nitrogen and oxygen atoms in total. The molecule has 0 bridgehead atoms. The number of nitrogens with zero attached hydrogens (tertiary/aromatic N) is 2. The molecular weight excluding hydrogens is 332 g/mol. The Labute approximate surface area is 154 Å². The number of thiocarbonyl (C=S) groups is 1. The van der Waals surface area contributed by atoms with Gasteiger partial charge in [0, 0.05) is 24.5 Å². The predicted molar refractivity (Wildman–Crippen MR) is 110 cm³/mol. The van der Waals surface area contributed by atoms with Gasteiger partial charge in [-0.25, -0.2) is 0 Å².